The van der Waals surface area contributed by atoms with Crippen molar-refractivity contribution in [1.82, 2.24) is 4.98 Å². The van der Waals surface area contributed by atoms with Gasteiger partial charge in [-0.15, -0.1) is 0 Å². The quantitative estimate of drug-likeness (QED) is 0.449. The van der Waals surface area contributed by atoms with Gasteiger partial charge in [0.15, 0.2) is 0 Å². The van der Waals surface area contributed by atoms with Gasteiger partial charge in [0.25, 0.3) is 11.9 Å². The first-order valence-corrected chi connectivity index (χ1v) is 5.55. The number of pyridine rings is 1. The zero-order valence-electron chi connectivity index (χ0n) is 10.1. The van der Waals surface area contributed by atoms with E-state index in [2.05, 4.69) is 4.98 Å². The van der Waals surface area contributed by atoms with E-state index in [4.69, 9.17) is 4.74 Å². The van der Waals surface area contributed by atoms with Gasteiger partial charge in [-0.25, -0.2) is 0 Å². The maximum absolute atomic E-state index is 13.5. The first-order valence-electron chi connectivity index (χ1n) is 5.55. The highest BCUT2D eigenvalue weighted by molar-refractivity contribution is 5.48. The van der Waals surface area contributed by atoms with Crippen molar-refractivity contribution >= 4 is 5.69 Å². The Morgan fingerprint density at radius 1 is 1.06 bits per heavy atom. The van der Waals surface area contributed by atoms with Crippen molar-refractivity contribution in [2.24, 2.45) is 0 Å². The molecule has 0 bridgehead atoms. The van der Waals surface area contributed by atoms with Crippen LogP contribution in [0.4, 0.5) is 23.2 Å². The molecule has 0 aromatic carbocycles. The first-order chi connectivity index (χ1) is 8.52. The van der Waals surface area contributed by atoms with Gasteiger partial charge < -0.3 is 9.64 Å². The van der Waals surface area contributed by atoms with Crippen molar-refractivity contribution in [3.63, 3.8) is 0 Å². The van der Waals surface area contributed by atoms with Crippen molar-refractivity contribution in [3.8, 4) is 0 Å². The zero-order valence-corrected chi connectivity index (χ0v) is 10.1. The number of hydrogen-bond donors (Lipinski definition) is 0. The Kier molecular flexibility index (Phi) is 5.33. The van der Waals surface area contributed by atoms with Gasteiger partial charge >= 0.3 is 0 Å². The van der Waals surface area contributed by atoms with E-state index in [9.17, 15) is 17.6 Å². The van der Waals surface area contributed by atoms with Crippen LogP contribution in [0, 0.1) is 23.5 Å². The van der Waals surface area contributed by atoms with Crippen LogP contribution in [0.25, 0.3) is 0 Å². The van der Waals surface area contributed by atoms with E-state index in [-0.39, 0.29) is 19.7 Å². The van der Waals surface area contributed by atoms with Crippen LogP contribution in [0.5, 0.6) is 0 Å². The van der Waals surface area contributed by atoms with Crippen LogP contribution in [0.2, 0.25) is 0 Å². The van der Waals surface area contributed by atoms with Crippen molar-refractivity contribution in [2.75, 3.05) is 31.2 Å². The minimum atomic E-state index is -1.65. The summed E-state index contributed by atoms with van der Waals surface area (Å²) in [5, 5.41) is 0. The second-order valence-electron chi connectivity index (χ2n) is 3.45. The predicted octanol–water partition coefficient (Wildman–Crippen LogP) is 2.50. The number of anilines is 1. The summed E-state index contributed by atoms with van der Waals surface area (Å²) in [4.78, 5) is 3.67. The molecule has 0 aliphatic rings. The fourth-order valence-corrected chi connectivity index (χ4v) is 1.50. The van der Waals surface area contributed by atoms with Gasteiger partial charge in [-0.2, -0.15) is 22.5 Å². The minimum absolute atomic E-state index is 0.126. The number of halogens is 4. The van der Waals surface area contributed by atoms with Crippen LogP contribution in [-0.4, -0.2) is 31.3 Å². The number of likely N-dealkylation sites (N-methyl/N-ethyl adjacent to an activating group) is 1. The summed E-state index contributed by atoms with van der Waals surface area (Å²) in [5.74, 6) is -6.29. The fraction of sp³-hybridized carbons (Fsp3) is 0.545. The Morgan fingerprint density at radius 2 is 1.61 bits per heavy atom. The third kappa shape index (κ3) is 3.10. The van der Waals surface area contributed by atoms with Crippen LogP contribution in [0.1, 0.15) is 13.8 Å². The third-order valence-corrected chi connectivity index (χ3v) is 2.38. The Morgan fingerprint density at radius 3 is 2.06 bits per heavy atom. The minimum Gasteiger partial charge on any atom is -0.380 e. The molecule has 1 aromatic rings. The van der Waals surface area contributed by atoms with E-state index in [1.807, 2.05) is 0 Å². The molecule has 0 aliphatic carbocycles. The second-order valence-corrected chi connectivity index (χ2v) is 3.45. The van der Waals surface area contributed by atoms with Gasteiger partial charge in [0.2, 0.25) is 11.6 Å². The van der Waals surface area contributed by atoms with Gasteiger partial charge in [0.05, 0.1) is 6.61 Å². The highest BCUT2D eigenvalue weighted by Crippen LogP contribution is 2.25. The third-order valence-electron chi connectivity index (χ3n) is 2.38. The average Bonchev–Trinajstić information content (AvgIpc) is 2.35. The van der Waals surface area contributed by atoms with Crippen molar-refractivity contribution < 1.29 is 22.3 Å². The highest BCUT2D eigenvalue weighted by atomic mass is 19.2. The lowest BCUT2D eigenvalue weighted by Crippen LogP contribution is -2.30. The summed E-state index contributed by atoms with van der Waals surface area (Å²) < 4.78 is 57.9. The monoisotopic (exact) mass is 266 g/mol. The first kappa shape index (κ1) is 14.7. The molecule has 18 heavy (non-hydrogen) atoms. The molecule has 0 aliphatic heterocycles. The summed E-state index contributed by atoms with van der Waals surface area (Å²) in [5.41, 5.74) is -0.748. The normalized spacial score (nSPS) is 10.8. The van der Waals surface area contributed by atoms with E-state index >= 15 is 0 Å². The number of aromatic nitrogens is 1. The smallest absolute Gasteiger partial charge is 0.253 e. The molecule has 0 unspecified atom stereocenters. The molecule has 0 amide bonds. The number of rotatable bonds is 6. The van der Waals surface area contributed by atoms with Crippen molar-refractivity contribution in [1.29, 1.82) is 0 Å². The Balaban J connectivity index is 3.04. The lowest BCUT2D eigenvalue weighted by Gasteiger charge is -2.23. The van der Waals surface area contributed by atoms with Gasteiger partial charge in [-0.1, -0.05) is 0 Å². The standard InChI is InChI=1S/C11H14F4N2O/c1-3-17(5-6-18-4-2)9-7(12)10(14)16-11(15)8(9)13/h3-6H2,1-2H3. The molecule has 7 heteroatoms. The van der Waals surface area contributed by atoms with Crippen LogP contribution >= 0.6 is 0 Å². The van der Waals surface area contributed by atoms with Crippen LogP contribution < -0.4 is 4.90 Å². The molecule has 0 fully saturated rings. The maximum Gasteiger partial charge on any atom is 0.253 e. The van der Waals surface area contributed by atoms with E-state index < -0.39 is 29.2 Å². The summed E-state index contributed by atoms with van der Waals surface area (Å²) in [6.45, 7) is 4.34. The van der Waals surface area contributed by atoms with Crippen molar-refractivity contribution in [3.05, 3.63) is 23.5 Å². The SMILES string of the molecule is CCOCCN(CC)c1c(F)c(F)nc(F)c1F. The lowest BCUT2D eigenvalue weighted by molar-refractivity contribution is 0.153. The average molecular weight is 266 g/mol. The van der Waals surface area contributed by atoms with Crippen molar-refractivity contribution in [2.45, 2.75) is 13.8 Å². The molecule has 0 radical (unpaired) electrons. The van der Waals surface area contributed by atoms with Gasteiger partial charge in [-0.05, 0) is 13.8 Å². The molecular formula is C11H14F4N2O. The topological polar surface area (TPSA) is 25.4 Å². The Hall–Kier alpha value is -1.37. The summed E-state index contributed by atoms with van der Waals surface area (Å²) in [6.07, 6.45) is 0. The molecule has 1 aromatic heterocycles. The van der Waals surface area contributed by atoms with E-state index in [1.165, 1.54) is 0 Å². The highest BCUT2D eigenvalue weighted by Gasteiger charge is 2.24. The lowest BCUT2D eigenvalue weighted by atomic mass is 10.3. The Bertz CT molecular complexity index is 388. The molecule has 0 N–H and O–H groups in total. The Labute approximate surface area is 102 Å². The summed E-state index contributed by atoms with van der Waals surface area (Å²) in [6, 6.07) is 0. The predicted molar refractivity (Wildman–Crippen MR) is 58.4 cm³/mol. The van der Waals surface area contributed by atoms with E-state index in [0.29, 0.717) is 6.61 Å². The summed E-state index contributed by atoms with van der Waals surface area (Å²) >= 11 is 0. The molecule has 0 saturated heterocycles. The molecule has 0 spiro atoms. The number of hydrogen-bond acceptors (Lipinski definition) is 3. The molecule has 0 atom stereocenters. The number of ether oxygens (including phenoxy) is 1. The molecule has 1 heterocycles. The van der Waals surface area contributed by atoms with E-state index in [0.717, 1.165) is 4.90 Å². The molecule has 1 rings (SSSR count). The summed E-state index contributed by atoms with van der Waals surface area (Å²) in [7, 11) is 0. The van der Waals surface area contributed by atoms with Gasteiger partial charge in [0, 0.05) is 19.7 Å². The van der Waals surface area contributed by atoms with Gasteiger partial charge in [0.1, 0.15) is 5.69 Å². The fourth-order valence-electron chi connectivity index (χ4n) is 1.50. The molecule has 102 valence electrons. The number of nitrogens with zero attached hydrogens (tertiary/aromatic N) is 2. The van der Waals surface area contributed by atoms with Crippen LogP contribution in [0.15, 0.2) is 0 Å². The van der Waals surface area contributed by atoms with Crippen LogP contribution in [0.3, 0.4) is 0 Å². The second kappa shape index (κ2) is 6.53. The molecule has 0 saturated carbocycles. The largest absolute Gasteiger partial charge is 0.380 e. The maximum atomic E-state index is 13.5. The van der Waals surface area contributed by atoms with E-state index in [1.54, 1.807) is 13.8 Å². The van der Waals surface area contributed by atoms with Gasteiger partial charge in [-0.3, -0.25) is 0 Å². The molecular weight excluding hydrogens is 252 g/mol. The zero-order chi connectivity index (χ0) is 13.7. The van der Waals surface area contributed by atoms with Crippen LogP contribution in [-0.2, 0) is 4.74 Å². The molecule has 3 nitrogen and oxygen atoms in total.